The molecule has 4 aromatic carbocycles. The van der Waals surface area contributed by atoms with Crippen LogP contribution in [0.5, 0.6) is 0 Å². The molecule has 0 N–H and O–H groups in total. The predicted octanol–water partition coefficient (Wildman–Crippen LogP) is 5.00. The molecule has 0 atom stereocenters. The lowest BCUT2D eigenvalue weighted by Crippen LogP contribution is -2.51. The van der Waals surface area contributed by atoms with E-state index in [-0.39, 0.29) is 0 Å². The Labute approximate surface area is 178 Å². The number of carbonyl (C=O) groups is 2. The molecule has 1 aliphatic heterocycles. The summed E-state index contributed by atoms with van der Waals surface area (Å²) in [5, 5.41) is 0. The van der Waals surface area contributed by atoms with E-state index in [1.807, 2.05) is 97.1 Å². The quantitative estimate of drug-likeness (QED) is 0.308. The Morgan fingerprint density at radius 1 is 0.419 bits per heavy atom. The Hall–Kier alpha value is -3.98. The van der Waals surface area contributed by atoms with Crippen LogP contribution in [0.1, 0.15) is 22.3 Å². The van der Waals surface area contributed by atoms with E-state index in [9.17, 15) is 9.59 Å². The number of rotatable bonds is 0. The van der Waals surface area contributed by atoms with Crippen molar-refractivity contribution in [3.63, 3.8) is 0 Å². The van der Waals surface area contributed by atoms with Crippen molar-refractivity contribution < 1.29 is 14.3 Å². The third-order valence-electron chi connectivity index (χ3n) is 7.26. The van der Waals surface area contributed by atoms with Crippen LogP contribution in [0.3, 0.4) is 0 Å². The molecule has 0 radical (unpaired) electrons. The van der Waals surface area contributed by atoms with E-state index < -0.39 is 22.8 Å². The van der Waals surface area contributed by atoms with Crippen molar-refractivity contribution in [2.75, 3.05) is 0 Å². The number of ether oxygens (including phenoxy) is 1. The Morgan fingerprint density at radius 2 is 0.677 bits per heavy atom. The van der Waals surface area contributed by atoms with Crippen molar-refractivity contribution in [1.29, 1.82) is 0 Å². The zero-order chi connectivity index (χ0) is 20.8. The lowest BCUT2D eigenvalue weighted by Gasteiger charge is -2.37. The molecule has 0 aromatic heterocycles. The normalized spacial score (nSPS) is 17.9. The van der Waals surface area contributed by atoms with Crippen LogP contribution in [0.15, 0.2) is 97.1 Å². The van der Waals surface area contributed by atoms with Crippen LogP contribution in [0.4, 0.5) is 0 Å². The molecule has 0 bridgehead atoms. The lowest BCUT2D eigenvalue weighted by atomic mass is 9.55. The molecule has 1 heterocycles. The maximum absolute atomic E-state index is 13.9. The van der Waals surface area contributed by atoms with Crippen molar-refractivity contribution in [3.05, 3.63) is 119 Å². The van der Waals surface area contributed by atoms with E-state index in [2.05, 4.69) is 0 Å². The molecular formula is C28H16O3. The second-order valence-electron chi connectivity index (χ2n) is 8.36. The van der Waals surface area contributed by atoms with E-state index in [1.54, 1.807) is 0 Å². The summed E-state index contributed by atoms with van der Waals surface area (Å²) in [5.41, 5.74) is 4.71. The standard InChI is InChI=1S/C28H16O3/c29-25-27(21-13-5-1-9-17(21)18-10-2-6-14-22(18)27)28(26(30)31-25)23-15-7-3-11-19(23)20-12-4-8-16-24(20)28/h1-16H. The van der Waals surface area contributed by atoms with Gasteiger partial charge in [-0.3, -0.25) is 9.59 Å². The Morgan fingerprint density at radius 3 is 0.968 bits per heavy atom. The molecule has 0 amide bonds. The number of esters is 2. The first-order chi connectivity index (χ1) is 15.2. The van der Waals surface area contributed by atoms with E-state index in [0.717, 1.165) is 44.5 Å². The predicted molar refractivity (Wildman–Crippen MR) is 116 cm³/mol. The zero-order valence-corrected chi connectivity index (χ0v) is 16.5. The summed E-state index contributed by atoms with van der Waals surface area (Å²) in [5.74, 6) is -0.997. The van der Waals surface area contributed by atoms with Gasteiger partial charge in [0.1, 0.15) is 10.8 Å². The molecular weight excluding hydrogens is 384 g/mol. The number of hydrogen-bond donors (Lipinski definition) is 0. The smallest absolute Gasteiger partial charge is 0.330 e. The lowest BCUT2D eigenvalue weighted by molar-refractivity contribution is -0.153. The molecule has 0 unspecified atom stereocenters. The minimum Gasteiger partial charge on any atom is -0.391 e. The van der Waals surface area contributed by atoms with Crippen LogP contribution in [-0.4, -0.2) is 11.9 Å². The highest BCUT2D eigenvalue weighted by atomic mass is 16.6. The SMILES string of the molecule is O=C1OC(=O)C2(c3ccccc3-c3ccccc32)C12c1ccccc1-c1ccccc12. The molecule has 31 heavy (non-hydrogen) atoms. The van der Waals surface area contributed by atoms with Crippen LogP contribution < -0.4 is 0 Å². The summed E-state index contributed by atoms with van der Waals surface area (Å²) in [7, 11) is 0. The van der Waals surface area contributed by atoms with Crippen molar-refractivity contribution >= 4 is 11.9 Å². The van der Waals surface area contributed by atoms with Gasteiger partial charge in [-0.2, -0.15) is 0 Å². The van der Waals surface area contributed by atoms with Crippen LogP contribution in [0, 0.1) is 0 Å². The van der Waals surface area contributed by atoms with Gasteiger partial charge in [0.2, 0.25) is 0 Å². The summed E-state index contributed by atoms with van der Waals surface area (Å²) >= 11 is 0. The average Bonchev–Trinajstić information content (AvgIpc) is 3.37. The molecule has 0 saturated carbocycles. The van der Waals surface area contributed by atoms with Crippen LogP contribution in [0.25, 0.3) is 22.3 Å². The third-order valence-corrected chi connectivity index (χ3v) is 7.26. The molecule has 3 aliphatic rings. The first-order valence-corrected chi connectivity index (χ1v) is 10.4. The molecule has 2 spiro atoms. The minimum atomic E-state index is -1.26. The van der Waals surface area contributed by atoms with E-state index in [1.165, 1.54) is 0 Å². The van der Waals surface area contributed by atoms with Gasteiger partial charge >= 0.3 is 11.9 Å². The minimum absolute atomic E-state index is 0.499. The van der Waals surface area contributed by atoms with Gasteiger partial charge in [0.15, 0.2) is 0 Å². The molecule has 3 nitrogen and oxygen atoms in total. The van der Waals surface area contributed by atoms with Crippen LogP contribution in [-0.2, 0) is 25.2 Å². The fraction of sp³-hybridized carbons (Fsp3) is 0.0714. The number of carbonyl (C=O) groups excluding carboxylic acids is 2. The monoisotopic (exact) mass is 400 g/mol. The van der Waals surface area contributed by atoms with Gasteiger partial charge in [-0.05, 0) is 44.5 Å². The summed E-state index contributed by atoms with van der Waals surface area (Å²) in [4.78, 5) is 27.7. The number of benzene rings is 4. The van der Waals surface area contributed by atoms with Crippen molar-refractivity contribution in [3.8, 4) is 22.3 Å². The second-order valence-corrected chi connectivity index (χ2v) is 8.36. The molecule has 2 aliphatic carbocycles. The fourth-order valence-corrected chi connectivity index (χ4v) is 6.26. The maximum Gasteiger partial charge on any atom is 0.330 e. The Kier molecular flexibility index (Phi) is 2.91. The number of hydrogen-bond acceptors (Lipinski definition) is 3. The highest BCUT2D eigenvalue weighted by Gasteiger charge is 2.76. The Balaban J connectivity index is 1.75. The van der Waals surface area contributed by atoms with Crippen molar-refractivity contribution in [2.24, 2.45) is 0 Å². The third kappa shape index (κ3) is 1.59. The first-order valence-electron chi connectivity index (χ1n) is 10.4. The van der Waals surface area contributed by atoms with Gasteiger partial charge in [-0.15, -0.1) is 0 Å². The molecule has 3 heteroatoms. The number of cyclic esters (lactones) is 2. The topological polar surface area (TPSA) is 43.4 Å². The van der Waals surface area contributed by atoms with E-state index in [0.29, 0.717) is 0 Å². The van der Waals surface area contributed by atoms with Gasteiger partial charge in [0.05, 0.1) is 0 Å². The maximum atomic E-state index is 13.9. The van der Waals surface area contributed by atoms with Gasteiger partial charge in [0.25, 0.3) is 0 Å². The van der Waals surface area contributed by atoms with Crippen LogP contribution >= 0.6 is 0 Å². The summed E-state index contributed by atoms with van der Waals surface area (Å²) in [6.45, 7) is 0. The van der Waals surface area contributed by atoms with E-state index in [4.69, 9.17) is 4.74 Å². The molecule has 4 aromatic rings. The van der Waals surface area contributed by atoms with Gasteiger partial charge in [-0.1, -0.05) is 97.1 Å². The summed E-state index contributed by atoms with van der Waals surface area (Å²) < 4.78 is 5.59. The van der Waals surface area contributed by atoms with E-state index >= 15 is 0 Å². The fourth-order valence-electron chi connectivity index (χ4n) is 6.26. The molecule has 146 valence electrons. The summed E-state index contributed by atoms with van der Waals surface area (Å²) in [6, 6.07) is 31.6. The number of fused-ring (bicyclic) bond motifs is 11. The molecule has 7 rings (SSSR count). The highest BCUT2D eigenvalue weighted by Crippen LogP contribution is 2.68. The van der Waals surface area contributed by atoms with Gasteiger partial charge in [-0.25, -0.2) is 0 Å². The van der Waals surface area contributed by atoms with Crippen molar-refractivity contribution in [1.82, 2.24) is 0 Å². The second kappa shape index (κ2) is 5.38. The van der Waals surface area contributed by atoms with Gasteiger partial charge in [0, 0.05) is 0 Å². The first kappa shape index (κ1) is 16.8. The molecule has 1 fully saturated rings. The zero-order valence-electron chi connectivity index (χ0n) is 16.5. The highest BCUT2D eigenvalue weighted by molar-refractivity contribution is 6.19. The molecule has 1 saturated heterocycles. The average molecular weight is 400 g/mol. The van der Waals surface area contributed by atoms with Gasteiger partial charge < -0.3 is 4.74 Å². The van der Waals surface area contributed by atoms with Crippen LogP contribution in [0.2, 0.25) is 0 Å². The largest absolute Gasteiger partial charge is 0.391 e. The van der Waals surface area contributed by atoms with Crippen molar-refractivity contribution in [2.45, 2.75) is 10.8 Å². The summed E-state index contributed by atoms with van der Waals surface area (Å²) in [6.07, 6.45) is 0. The Bertz CT molecular complexity index is 1260.